The van der Waals surface area contributed by atoms with Crippen molar-refractivity contribution in [1.82, 2.24) is 10.3 Å². The second kappa shape index (κ2) is 6.70. The van der Waals surface area contributed by atoms with Gasteiger partial charge in [-0.05, 0) is 48.6 Å². The van der Waals surface area contributed by atoms with Crippen molar-refractivity contribution < 1.29 is 4.74 Å². The Hall–Kier alpha value is -2.14. The molecule has 5 heteroatoms. The van der Waals surface area contributed by atoms with Gasteiger partial charge in [-0.15, -0.1) is 0 Å². The summed E-state index contributed by atoms with van der Waals surface area (Å²) in [5, 5.41) is 6.77. The van der Waals surface area contributed by atoms with E-state index in [1.54, 1.807) is 13.3 Å². The highest BCUT2D eigenvalue weighted by atomic mass is 32.1. The molecule has 0 radical (unpaired) electrons. The number of aromatic nitrogens is 1. The van der Waals surface area contributed by atoms with Crippen molar-refractivity contribution in [1.29, 1.82) is 0 Å². The van der Waals surface area contributed by atoms with Gasteiger partial charge in [-0.1, -0.05) is 6.07 Å². The largest absolute Gasteiger partial charge is 0.497 e. The Morgan fingerprint density at radius 2 is 2.00 bits per heavy atom. The maximum atomic E-state index is 5.22. The number of anilines is 1. The van der Waals surface area contributed by atoms with Crippen molar-refractivity contribution in [2.75, 3.05) is 12.4 Å². The number of pyridine rings is 1. The molecular formula is C14H15N3OS. The molecule has 0 spiro atoms. The van der Waals surface area contributed by atoms with Gasteiger partial charge in [0.2, 0.25) is 0 Å². The minimum atomic E-state index is 0.566. The lowest BCUT2D eigenvalue weighted by Gasteiger charge is -2.10. The van der Waals surface area contributed by atoms with Crippen LogP contribution in [0.4, 0.5) is 5.69 Å². The fourth-order valence-corrected chi connectivity index (χ4v) is 1.71. The first kappa shape index (κ1) is 13.3. The molecule has 1 aromatic carbocycles. The molecule has 4 nitrogen and oxygen atoms in total. The second-order valence-corrected chi connectivity index (χ2v) is 4.27. The van der Waals surface area contributed by atoms with Gasteiger partial charge in [0.1, 0.15) is 5.75 Å². The third-order valence-corrected chi connectivity index (χ3v) is 2.75. The van der Waals surface area contributed by atoms with E-state index >= 15 is 0 Å². The monoisotopic (exact) mass is 273 g/mol. The predicted octanol–water partition coefficient (Wildman–Crippen LogP) is 2.58. The summed E-state index contributed by atoms with van der Waals surface area (Å²) in [6, 6.07) is 13.4. The molecule has 98 valence electrons. The molecule has 0 saturated heterocycles. The Labute approximate surface area is 117 Å². The third-order valence-electron chi connectivity index (χ3n) is 2.50. The van der Waals surface area contributed by atoms with E-state index in [9.17, 15) is 0 Å². The number of nitrogens with one attached hydrogen (secondary N) is 2. The Balaban J connectivity index is 1.83. The van der Waals surface area contributed by atoms with E-state index in [0.29, 0.717) is 11.7 Å². The Bertz CT molecular complexity index is 528. The van der Waals surface area contributed by atoms with Gasteiger partial charge in [0.15, 0.2) is 5.11 Å². The average Bonchev–Trinajstić information content (AvgIpc) is 2.47. The number of ether oxygens (including phenoxy) is 1. The maximum Gasteiger partial charge on any atom is 0.171 e. The molecule has 0 aliphatic heterocycles. The van der Waals surface area contributed by atoms with Crippen LogP contribution in [0.5, 0.6) is 5.75 Å². The van der Waals surface area contributed by atoms with Crippen LogP contribution in [0.1, 0.15) is 5.69 Å². The molecule has 0 unspecified atom stereocenters. The van der Waals surface area contributed by atoms with Crippen LogP contribution in [0.3, 0.4) is 0 Å². The van der Waals surface area contributed by atoms with Crippen LogP contribution in [0.2, 0.25) is 0 Å². The molecule has 0 bridgehead atoms. The molecule has 0 amide bonds. The molecular weight excluding hydrogens is 258 g/mol. The highest BCUT2D eigenvalue weighted by Gasteiger charge is 1.99. The van der Waals surface area contributed by atoms with Crippen LogP contribution in [0.25, 0.3) is 0 Å². The van der Waals surface area contributed by atoms with Gasteiger partial charge < -0.3 is 15.4 Å². The Morgan fingerprint density at radius 3 is 2.63 bits per heavy atom. The van der Waals surface area contributed by atoms with Crippen LogP contribution >= 0.6 is 12.2 Å². The SMILES string of the molecule is COc1ccc(NC(=S)NCc2ccccn2)cc1. The minimum Gasteiger partial charge on any atom is -0.497 e. The quantitative estimate of drug-likeness (QED) is 0.838. The zero-order valence-electron chi connectivity index (χ0n) is 10.6. The lowest BCUT2D eigenvalue weighted by molar-refractivity contribution is 0.415. The molecule has 0 atom stereocenters. The summed E-state index contributed by atoms with van der Waals surface area (Å²) >= 11 is 5.22. The predicted molar refractivity (Wildman–Crippen MR) is 80.3 cm³/mol. The molecule has 19 heavy (non-hydrogen) atoms. The molecule has 0 aliphatic carbocycles. The van der Waals surface area contributed by atoms with E-state index in [-0.39, 0.29) is 0 Å². The summed E-state index contributed by atoms with van der Waals surface area (Å²) in [5.41, 5.74) is 1.86. The number of methoxy groups -OCH3 is 1. The summed E-state index contributed by atoms with van der Waals surface area (Å²) in [4.78, 5) is 4.21. The summed E-state index contributed by atoms with van der Waals surface area (Å²) in [6.07, 6.45) is 1.76. The van der Waals surface area contributed by atoms with Gasteiger partial charge in [0, 0.05) is 11.9 Å². The van der Waals surface area contributed by atoms with E-state index < -0.39 is 0 Å². The molecule has 2 N–H and O–H groups in total. The smallest absolute Gasteiger partial charge is 0.171 e. The fraction of sp³-hybridized carbons (Fsp3) is 0.143. The molecule has 0 saturated carbocycles. The number of benzene rings is 1. The number of nitrogens with zero attached hydrogens (tertiary/aromatic N) is 1. The second-order valence-electron chi connectivity index (χ2n) is 3.86. The number of hydrogen-bond donors (Lipinski definition) is 2. The molecule has 2 aromatic rings. The van der Waals surface area contributed by atoms with E-state index in [2.05, 4.69) is 15.6 Å². The first-order valence-corrected chi connectivity index (χ1v) is 6.27. The maximum absolute atomic E-state index is 5.22. The zero-order valence-corrected chi connectivity index (χ0v) is 11.4. The van der Waals surface area contributed by atoms with E-state index in [4.69, 9.17) is 17.0 Å². The average molecular weight is 273 g/mol. The van der Waals surface area contributed by atoms with Crippen molar-refractivity contribution in [2.24, 2.45) is 0 Å². The van der Waals surface area contributed by atoms with E-state index in [1.165, 1.54) is 0 Å². The van der Waals surface area contributed by atoms with Crippen molar-refractivity contribution in [3.63, 3.8) is 0 Å². The van der Waals surface area contributed by atoms with Crippen molar-refractivity contribution >= 4 is 23.0 Å². The Kier molecular flexibility index (Phi) is 4.69. The highest BCUT2D eigenvalue weighted by Crippen LogP contribution is 2.14. The van der Waals surface area contributed by atoms with Crippen LogP contribution in [0.15, 0.2) is 48.7 Å². The molecule has 2 rings (SSSR count). The van der Waals surface area contributed by atoms with Gasteiger partial charge in [0.25, 0.3) is 0 Å². The van der Waals surface area contributed by atoms with Crippen LogP contribution in [0, 0.1) is 0 Å². The van der Waals surface area contributed by atoms with Crippen molar-refractivity contribution in [2.45, 2.75) is 6.54 Å². The Morgan fingerprint density at radius 1 is 1.21 bits per heavy atom. The fourth-order valence-electron chi connectivity index (χ4n) is 1.52. The molecule has 1 aromatic heterocycles. The first-order chi connectivity index (χ1) is 9.28. The number of rotatable bonds is 4. The topological polar surface area (TPSA) is 46.2 Å². The molecule has 0 fully saturated rings. The summed E-state index contributed by atoms with van der Waals surface area (Å²) < 4.78 is 5.09. The van der Waals surface area contributed by atoms with Crippen LogP contribution in [-0.2, 0) is 6.54 Å². The highest BCUT2D eigenvalue weighted by molar-refractivity contribution is 7.80. The number of thiocarbonyl (C=S) groups is 1. The van der Waals surface area contributed by atoms with Crippen LogP contribution < -0.4 is 15.4 Å². The lowest BCUT2D eigenvalue weighted by atomic mass is 10.3. The molecule has 1 heterocycles. The molecule has 0 aliphatic rings. The summed E-state index contributed by atoms with van der Waals surface area (Å²) in [5.74, 6) is 0.818. The van der Waals surface area contributed by atoms with Crippen molar-refractivity contribution in [3.05, 3.63) is 54.4 Å². The summed E-state index contributed by atoms with van der Waals surface area (Å²) in [7, 11) is 1.64. The van der Waals surface area contributed by atoms with E-state index in [1.807, 2.05) is 42.5 Å². The van der Waals surface area contributed by atoms with Gasteiger partial charge in [-0.3, -0.25) is 4.98 Å². The first-order valence-electron chi connectivity index (χ1n) is 5.87. The van der Waals surface area contributed by atoms with Gasteiger partial charge in [0.05, 0.1) is 19.3 Å². The number of hydrogen-bond acceptors (Lipinski definition) is 3. The normalized spacial score (nSPS) is 9.74. The summed E-state index contributed by atoms with van der Waals surface area (Å²) in [6.45, 7) is 0.600. The van der Waals surface area contributed by atoms with E-state index in [0.717, 1.165) is 17.1 Å². The standard InChI is InChI=1S/C14H15N3OS/c1-18-13-7-5-11(6-8-13)17-14(19)16-10-12-4-2-3-9-15-12/h2-9H,10H2,1H3,(H2,16,17,19). The zero-order chi connectivity index (χ0) is 13.5. The third kappa shape index (κ3) is 4.22. The van der Waals surface area contributed by atoms with Gasteiger partial charge >= 0.3 is 0 Å². The van der Waals surface area contributed by atoms with Gasteiger partial charge in [-0.25, -0.2) is 0 Å². The van der Waals surface area contributed by atoms with Crippen molar-refractivity contribution in [3.8, 4) is 5.75 Å². The van der Waals surface area contributed by atoms with Crippen LogP contribution in [-0.4, -0.2) is 17.2 Å². The lowest BCUT2D eigenvalue weighted by Crippen LogP contribution is -2.28. The minimum absolute atomic E-state index is 0.566. The van der Waals surface area contributed by atoms with Gasteiger partial charge in [-0.2, -0.15) is 0 Å².